The molecule has 0 fully saturated rings. The Balaban J connectivity index is 0.00000192. The van der Waals surface area contributed by atoms with Gasteiger partial charge in [-0.2, -0.15) is 0 Å². The van der Waals surface area contributed by atoms with Gasteiger partial charge >= 0.3 is 29.6 Å². The fraction of sp³-hybridized carbons (Fsp3) is 0.200. The van der Waals surface area contributed by atoms with E-state index in [1.165, 1.54) is 12.1 Å². The molecule has 1 aliphatic heterocycles. The van der Waals surface area contributed by atoms with E-state index in [0.29, 0.717) is 12.4 Å². The predicted octanol–water partition coefficient (Wildman–Crippen LogP) is -1.05. The van der Waals surface area contributed by atoms with Gasteiger partial charge in [-0.3, -0.25) is 0 Å². The Morgan fingerprint density at radius 3 is 2.52 bits per heavy atom. The third kappa shape index (κ3) is 4.62. The molecule has 23 heavy (non-hydrogen) atoms. The monoisotopic (exact) mass is 344 g/mol. The fourth-order valence-corrected chi connectivity index (χ4v) is 2.84. The second kappa shape index (κ2) is 7.11. The first-order valence-electron chi connectivity index (χ1n) is 6.61. The van der Waals surface area contributed by atoms with Crippen molar-refractivity contribution in [2.45, 2.75) is 12.3 Å². The number of rotatable bonds is 3. The summed E-state index contributed by atoms with van der Waals surface area (Å²) in [5.74, 6) is 0.932. The Morgan fingerprint density at radius 2 is 1.87 bits per heavy atom. The summed E-state index contributed by atoms with van der Waals surface area (Å²) in [4.78, 5) is 0. The largest absolute Gasteiger partial charge is 1.00 e. The summed E-state index contributed by atoms with van der Waals surface area (Å²) in [7, 11) is -4.76. The summed E-state index contributed by atoms with van der Waals surface area (Å²) in [6, 6.07) is 11.3. The maximum Gasteiger partial charge on any atom is 1.00 e. The van der Waals surface area contributed by atoms with Crippen LogP contribution in [0.1, 0.15) is 17.0 Å². The van der Waals surface area contributed by atoms with Crippen molar-refractivity contribution in [3.05, 3.63) is 53.6 Å². The van der Waals surface area contributed by atoms with Crippen molar-refractivity contribution in [1.82, 2.24) is 0 Å². The van der Waals surface area contributed by atoms with Crippen molar-refractivity contribution in [1.29, 1.82) is 0 Å². The summed E-state index contributed by atoms with van der Waals surface area (Å²) in [6.45, 7) is 0.455. The maximum absolute atomic E-state index is 10.5. The van der Waals surface area contributed by atoms with Crippen molar-refractivity contribution in [2.24, 2.45) is 0 Å². The van der Waals surface area contributed by atoms with Gasteiger partial charge in [-0.15, -0.1) is 0 Å². The molecule has 0 unspecified atom stereocenters. The summed E-state index contributed by atoms with van der Waals surface area (Å²) in [5, 5.41) is 9.43. The second-order valence-electron chi connectivity index (χ2n) is 5.06. The Morgan fingerprint density at radius 1 is 1.17 bits per heavy atom. The number of phenolic OH excluding ortho intramolecular Hbond substituents is 1. The molecule has 3 rings (SSSR count). The van der Waals surface area contributed by atoms with Crippen LogP contribution >= 0.6 is 0 Å². The molecular weight excluding hydrogens is 331 g/mol. The molecule has 0 saturated carbocycles. The molecule has 1 heterocycles. The predicted molar refractivity (Wildman–Crippen MR) is 76.8 cm³/mol. The third-order valence-corrected chi connectivity index (χ3v) is 3.90. The molecule has 0 saturated heterocycles. The molecule has 0 aliphatic carbocycles. The van der Waals surface area contributed by atoms with Gasteiger partial charge in [-0.25, -0.2) is 8.42 Å². The number of benzene rings is 2. The van der Waals surface area contributed by atoms with Crippen LogP contribution in [0.15, 0.2) is 42.5 Å². The van der Waals surface area contributed by atoms with E-state index >= 15 is 0 Å². The third-order valence-electron chi connectivity index (χ3n) is 3.51. The zero-order valence-corrected chi connectivity index (χ0v) is 15.2. The molecule has 1 atom stereocenters. The van der Waals surface area contributed by atoms with E-state index in [2.05, 4.69) is 4.18 Å². The zero-order valence-electron chi connectivity index (χ0n) is 12.4. The molecule has 2 aromatic rings. The Hall–Kier alpha value is -1.25. The maximum atomic E-state index is 10.5. The average Bonchev–Trinajstić information content (AvgIpc) is 2.46. The van der Waals surface area contributed by atoms with Crippen LogP contribution in [0.5, 0.6) is 17.2 Å². The van der Waals surface area contributed by atoms with Crippen molar-refractivity contribution in [3.8, 4) is 17.2 Å². The smallest absolute Gasteiger partial charge is 0.716 e. The molecule has 0 aromatic heterocycles. The number of hydrogen-bond donors (Lipinski definition) is 1. The second-order valence-corrected chi connectivity index (χ2v) is 6.05. The van der Waals surface area contributed by atoms with E-state index in [1.807, 2.05) is 6.07 Å². The number of fused-ring (bicyclic) bond motifs is 1. The van der Waals surface area contributed by atoms with E-state index < -0.39 is 10.4 Å². The van der Waals surface area contributed by atoms with Gasteiger partial charge in [0.2, 0.25) is 0 Å². The van der Waals surface area contributed by atoms with E-state index in [4.69, 9.17) is 4.74 Å². The molecule has 1 aliphatic rings. The molecule has 0 amide bonds. The van der Waals surface area contributed by atoms with Crippen molar-refractivity contribution < 1.29 is 56.6 Å². The summed E-state index contributed by atoms with van der Waals surface area (Å²) in [5.41, 5.74) is 1.95. The van der Waals surface area contributed by atoms with Crippen LogP contribution in [0.3, 0.4) is 0 Å². The van der Waals surface area contributed by atoms with E-state index in [0.717, 1.165) is 17.5 Å². The van der Waals surface area contributed by atoms with Gasteiger partial charge in [-0.05, 0) is 35.7 Å². The average molecular weight is 344 g/mol. The van der Waals surface area contributed by atoms with Crippen molar-refractivity contribution >= 4 is 10.4 Å². The van der Waals surface area contributed by atoms with E-state index in [-0.39, 0.29) is 47.0 Å². The molecule has 116 valence electrons. The molecule has 2 aromatic carbocycles. The first-order valence-corrected chi connectivity index (χ1v) is 7.94. The fourth-order valence-electron chi connectivity index (χ4n) is 2.49. The Labute approximate surface area is 156 Å². The number of ether oxygens (including phenoxy) is 1. The van der Waals surface area contributed by atoms with Gasteiger partial charge in [-0.1, -0.05) is 18.2 Å². The van der Waals surface area contributed by atoms with E-state index in [1.54, 1.807) is 24.3 Å². The topological polar surface area (TPSA) is 95.9 Å². The van der Waals surface area contributed by atoms with Crippen LogP contribution in [0, 0.1) is 0 Å². The van der Waals surface area contributed by atoms with Crippen LogP contribution in [-0.2, 0) is 16.8 Å². The SMILES string of the molecule is O=S(=O)([O-])Oc1ccc([C@H]2COc3cc(O)ccc3C2)cc1.[Na+]. The minimum atomic E-state index is -4.76. The quantitative estimate of drug-likeness (QED) is 0.434. The first-order chi connectivity index (χ1) is 10.4. The summed E-state index contributed by atoms with van der Waals surface area (Å²) < 4.78 is 41.5. The van der Waals surface area contributed by atoms with Crippen molar-refractivity contribution in [3.63, 3.8) is 0 Å². The van der Waals surface area contributed by atoms with Crippen molar-refractivity contribution in [2.75, 3.05) is 6.61 Å². The van der Waals surface area contributed by atoms with Gasteiger partial charge in [0, 0.05) is 12.0 Å². The van der Waals surface area contributed by atoms with Crippen LogP contribution in [0.25, 0.3) is 0 Å². The Bertz CT molecular complexity index is 788. The van der Waals surface area contributed by atoms with Gasteiger partial charge in [0.15, 0.2) is 0 Å². The van der Waals surface area contributed by atoms with Gasteiger partial charge in [0.1, 0.15) is 17.2 Å². The standard InChI is InChI=1S/C15H14O6S.Na/c16-13-4-1-11-7-12(9-20-15(11)8-13)10-2-5-14(6-3-10)21-22(17,18)19;/h1-6,8,12,16H,7,9H2,(H,17,18,19);/q;+1/p-1/t12-;/m1./s1. The minimum absolute atomic E-state index is 0. The van der Waals surface area contributed by atoms with Gasteiger partial charge in [0.05, 0.1) is 6.61 Å². The van der Waals surface area contributed by atoms with Crippen LogP contribution in [-0.4, -0.2) is 24.7 Å². The van der Waals surface area contributed by atoms with Crippen LogP contribution in [0.2, 0.25) is 0 Å². The van der Waals surface area contributed by atoms with Crippen LogP contribution < -0.4 is 38.5 Å². The van der Waals surface area contributed by atoms with Crippen LogP contribution in [0.4, 0.5) is 0 Å². The zero-order chi connectivity index (χ0) is 15.7. The minimum Gasteiger partial charge on any atom is -0.716 e. The van der Waals surface area contributed by atoms with Gasteiger partial charge in [0.25, 0.3) is 10.4 Å². The Kier molecular flexibility index (Phi) is 5.59. The number of hydrogen-bond acceptors (Lipinski definition) is 6. The number of phenols is 1. The molecule has 1 N–H and O–H groups in total. The molecule has 0 radical (unpaired) electrons. The summed E-state index contributed by atoms with van der Waals surface area (Å²) >= 11 is 0. The molecule has 0 bridgehead atoms. The van der Waals surface area contributed by atoms with Gasteiger partial charge < -0.3 is 18.6 Å². The number of aromatic hydroxyl groups is 1. The molecule has 6 nitrogen and oxygen atoms in total. The summed E-state index contributed by atoms with van der Waals surface area (Å²) in [6.07, 6.45) is 0.746. The van der Waals surface area contributed by atoms with E-state index in [9.17, 15) is 18.1 Å². The first kappa shape index (κ1) is 18.1. The molecule has 0 spiro atoms. The molecular formula is C15H13NaO6S. The normalized spacial score (nSPS) is 16.7. The molecule has 8 heteroatoms.